The van der Waals surface area contributed by atoms with Crippen LogP contribution in [0.15, 0.2) is 11.6 Å². The van der Waals surface area contributed by atoms with Gasteiger partial charge in [0.15, 0.2) is 0 Å². The van der Waals surface area contributed by atoms with E-state index in [1.54, 1.807) is 11.3 Å². The van der Waals surface area contributed by atoms with E-state index >= 15 is 0 Å². The molecule has 0 aromatic carbocycles. The molecule has 1 aliphatic rings. The summed E-state index contributed by atoms with van der Waals surface area (Å²) in [7, 11) is 0. The van der Waals surface area contributed by atoms with Crippen LogP contribution in [0, 0.1) is 0 Å². The minimum absolute atomic E-state index is 0.179. The quantitative estimate of drug-likeness (QED) is 0.829. The Balaban J connectivity index is 1.90. The molecule has 1 aromatic rings. The van der Waals surface area contributed by atoms with Gasteiger partial charge in [-0.3, -0.25) is 0 Å². The van der Waals surface area contributed by atoms with Crippen molar-refractivity contribution >= 4 is 11.3 Å². The van der Waals surface area contributed by atoms with Gasteiger partial charge in [0.1, 0.15) is 5.01 Å². The summed E-state index contributed by atoms with van der Waals surface area (Å²) in [4.78, 5) is 4.28. The average Bonchev–Trinajstić information content (AvgIpc) is 2.74. The molecule has 3 nitrogen and oxygen atoms in total. The molecule has 0 amide bonds. The minimum atomic E-state index is -0.179. The van der Waals surface area contributed by atoms with Crippen molar-refractivity contribution in [3.63, 3.8) is 0 Å². The highest BCUT2D eigenvalue weighted by atomic mass is 32.1. The molecular weight excluding hydrogens is 208 g/mol. The van der Waals surface area contributed by atoms with Gasteiger partial charge in [-0.25, -0.2) is 4.98 Å². The lowest BCUT2D eigenvalue weighted by molar-refractivity contribution is 0.0859. The van der Waals surface area contributed by atoms with Gasteiger partial charge in [-0.15, -0.1) is 11.3 Å². The zero-order chi connectivity index (χ0) is 10.7. The molecular formula is C11H18N2OS. The lowest BCUT2D eigenvalue weighted by atomic mass is 9.92. The topological polar surface area (TPSA) is 45.1 Å². The molecule has 0 unspecified atom stereocenters. The second kappa shape index (κ2) is 5.05. The molecule has 0 radical (unpaired) electrons. The third-order valence-electron chi connectivity index (χ3n) is 3.02. The average molecular weight is 226 g/mol. The standard InChI is InChI=1S/C11H18N2OS/c1-8(11-12-6-7-15-11)13-9-4-2-3-5-10(9)14/h6-10,13-14H,2-5H2,1H3/t8-,9+,10+/m0/s1. The summed E-state index contributed by atoms with van der Waals surface area (Å²) in [6.07, 6.45) is 6.04. The predicted molar refractivity (Wildman–Crippen MR) is 61.9 cm³/mol. The van der Waals surface area contributed by atoms with Crippen molar-refractivity contribution in [3.05, 3.63) is 16.6 Å². The first-order valence-electron chi connectivity index (χ1n) is 5.61. The number of aliphatic hydroxyl groups is 1. The Morgan fingerprint density at radius 2 is 2.33 bits per heavy atom. The zero-order valence-corrected chi connectivity index (χ0v) is 9.83. The van der Waals surface area contributed by atoms with Gasteiger partial charge in [0.25, 0.3) is 0 Å². The van der Waals surface area contributed by atoms with Crippen LogP contribution in [-0.4, -0.2) is 22.2 Å². The van der Waals surface area contributed by atoms with E-state index in [9.17, 15) is 5.11 Å². The Hall–Kier alpha value is -0.450. The number of nitrogens with zero attached hydrogens (tertiary/aromatic N) is 1. The third kappa shape index (κ3) is 2.77. The molecule has 3 atom stereocenters. The first kappa shape index (κ1) is 11.0. The van der Waals surface area contributed by atoms with Gasteiger partial charge in [-0.1, -0.05) is 12.8 Å². The number of thiazole rings is 1. The summed E-state index contributed by atoms with van der Waals surface area (Å²) < 4.78 is 0. The third-order valence-corrected chi connectivity index (χ3v) is 3.97. The van der Waals surface area contributed by atoms with Crippen LogP contribution >= 0.6 is 11.3 Å². The normalized spacial score (nSPS) is 28.9. The van der Waals surface area contributed by atoms with Crippen molar-refractivity contribution in [2.45, 2.75) is 50.8 Å². The molecule has 0 aliphatic heterocycles. The summed E-state index contributed by atoms with van der Waals surface area (Å²) in [5.41, 5.74) is 0. The monoisotopic (exact) mass is 226 g/mol. The number of aromatic nitrogens is 1. The molecule has 0 bridgehead atoms. The van der Waals surface area contributed by atoms with E-state index in [4.69, 9.17) is 0 Å². The van der Waals surface area contributed by atoms with Crippen LogP contribution < -0.4 is 5.32 Å². The fraction of sp³-hybridized carbons (Fsp3) is 0.727. The number of aliphatic hydroxyl groups excluding tert-OH is 1. The lowest BCUT2D eigenvalue weighted by Crippen LogP contribution is -2.43. The van der Waals surface area contributed by atoms with Crippen molar-refractivity contribution in [3.8, 4) is 0 Å². The van der Waals surface area contributed by atoms with Crippen LogP contribution in [0.5, 0.6) is 0 Å². The predicted octanol–water partition coefficient (Wildman–Crippen LogP) is 2.10. The number of hydrogen-bond donors (Lipinski definition) is 2. The summed E-state index contributed by atoms with van der Waals surface area (Å²) in [6, 6.07) is 0.500. The molecule has 1 saturated carbocycles. The van der Waals surface area contributed by atoms with Crippen LogP contribution in [0.2, 0.25) is 0 Å². The highest BCUT2D eigenvalue weighted by molar-refractivity contribution is 7.09. The second-order valence-corrected chi connectivity index (χ2v) is 5.14. The summed E-state index contributed by atoms with van der Waals surface area (Å²) in [6.45, 7) is 2.11. The molecule has 2 N–H and O–H groups in total. The molecule has 1 heterocycles. The maximum absolute atomic E-state index is 9.84. The Morgan fingerprint density at radius 1 is 1.53 bits per heavy atom. The Morgan fingerprint density at radius 3 is 3.00 bits per heavy atom. The summed E-state index contributed by atoms with van der Waals surface area (Å²) in [5.74, 6) is 0. The van der Waals surface area contributed by atoms with Crippen LogP contribution in [0.4, 0.5) is 0 Å². The highest BCUT2D eigenvalue weighted by Gasteiger charge is 2.24. The van der Waals surface area contributed by atoms with E-state index in [1.165, 1.54) is 6.42 Å². The molecule has 0 spiro atoms. The SMILES string of the molecule is C[C@H](N[C@@H]1CCCC[C@H]1O)c1nccs1. The van der Waals surface area contributed by atoms with Gasteiger partial charge < -0.3 is 10.4 Å². The molecule has 2 rings (SSSR count). The van der Waals surface area contributed by atoms with Gasteiger partial charge in [0.05, 0.1) is 12.1 Å². The van der Waals surface area contributed by atoms with Gasteiger partial charge in [0.2, 0.25) is 0 Å². The Labute approximate surface area is 94.5 Å². The highest BCUT2D eigenvalue weighted by Crippen LogP contribution is 2.22. The number of rotatable bonds is 3. The Kier molecular flexibility index (Phi) is 3.72. The molecule has 1 fully saturated rings. The second-order valence-electron chi connectivity index (χ2n) is 4.22. The molecule has 15 heavy (non-hydrogen) atoms. The summed E-state index contributed by atoms with van der Waals surface area (Å²) >= 11 is 1.67. The van der Waals surface area contributed by atoms with Crippen molar-refractivity contribution < 1.29 is 5.11 Å². The number of nitrogens with one attached hydrogen (secondary N) is 1. The molecule has 0 saturated heterocycles. The fourth-order valence-corrected chi connectivity index (χ4v) is 2.80. The molecule has 1 aliphatic carbocycles. The van der Waals surface area contributed by atoms with Crippen molar-refractivity contribution in [1.29, 1.82) is 0 Å². The van der Waals surface area contributed by atoms with E-state index in [2.05, 4.69) is 17.2 Å². The summed E-state index contributed by atoms with van der Waals surface area (Å²) in [5, 5.41) is 16.4. The van der Waals surface area contributed by atoms with Crippen molar-refractivity contribution in [1.82, 2.24) is 10.3 Å². The number of hydrogen-bond acceptors (Lipinski definition) is 4. The van der Waals surface area contributed by atoms with Crippen molar-refractivity contribution in [2.75, 3.05) is 0 Å². The van der Waals surface area contributed by atoms with E-state index in [0.29, 0.717) is 0 Å². The van der Waals surface area contributed by atoms with E-state index in [0.717, 1.165) is 24.3 Å². The minimum Gasteiger partial charge on any atom is -0.392 e. The van der Waals surface area contributed by atoms with Gasteiger partial charge in [-0.2, -0.15) is 0 Å². The van der Waals surface area contributed by atoms with E-state index in [-0.39, 0.29) is 18.2 Å². The smallest absolute Gasteiger partial charge is 0.109 e. The van der Waals surface area contributed by atoms with Gasteiger partial charge >= 0.3 is 0 Å². The fourth-order valence-electron chi connectivity index (χ4n) is 2.15. The van der Waals surface area contributed by atoms with E-state index < -0.39 is 0 Å². The lowest BCUT2D eigenvalue weighted by Gasteiger charge is -2.30. The van der Waals surface area contributed by atoms with Crippen LogP contribution in [0.1, 0.15) is 43.7 Å². The maximum Gasteiger partial charge on any atom is 0.109 e. The van der Waals surface area contributed by atoms with E-state index in [1.807, 2.05) is 11.6 Å². The molecule has 4 heteroatoms. The largest absolute Gasteiger partial charge is 0.392 e. The molecule has 1 aromatic heterocycles. The first-order valence-corrected chi connectivity index (χ1v) is 6.49. The van der Waals surface area contributed by atoms with Crippen LogP contribution in [-0.2, 0) is 0 Å². The van der Waals surface area contributed by atoms with Gasteiger partial charge in [0, 0.05) is 17.6 Å². The van der Waals surface area contributed by atoms with Crippen molar-refractivity contribution in [2.24, 2.45) is 0 Å². The van der Waals surface area contributed by atoms with Crippen LogP contribution in [0.3, 0.4) is 0 Å². The molecule has 84 valence electrons. The van der Waals surface area contributed by atoms with Gasteiger partial charge in [-0.05, 0) is 19.8 Å². The maximum atomic E-state index is 9.84. The Bertz CT molecular complexity index is 289. The van der Waals surface area contributed by atoms with Crippen LogP contribution in [0.25, 0.3) is 0 Å². The zero-order valence-electron chi connectivity index (χ0n) is 9.02. The first-order chi connectivity index (χ1) is 7.27.